The van der Waals surface area contributed by atoms with Crippen LogP contribution in [0.25, 0.3) is 0 Å². The molecule has 0 spiro atoms. The van der Waals surface area contributed by atoms with Gasteiger partial charge in [-0.3, -0.25) is 9.10 Å². The fourth-order valence-electron chi connectivity index (χ4n) is 3.44. The lowest BCUT2D eigenvalue weighted by Crippen LogP contribution is -2.42. The fourth-order valence-corrected chi connectivity index (χ4v) is 4.88. The Hall–Kier alpha value is -2.78. The van der Waals surface area contributed by atoms with Crippen LogP contribution in [0.1, 0.15) is 12.8 Å². The van der Waals surface area contributed by atoms with Gasteiger partial charge in [-0.25, -0.2) is 8.42 Å². The van der Waals surface area contributed by atoms with Crippen molar-refractivity contribution in [3.05, 3.63) is 48.5 Å². The number of nitrogens with one attached hydrogen (secondary N) is 1. The van der Waals surface area contributed by atoms with Crippen LogP contribution in [0.3, 0.4) is 0 Å². The summed E-state index contributed by atoms with van der Waals surface area (Å²) in [4.78, 5) is 12.7. The minimum absolute atomic E-state index is 0.0255. The highest BCUT2D eigenvalue weighted by atomic mass is 32.2. The standard InChI is InChI=1S/C21H24N2O6S/c24-21(22-14-17-5-4-10-27-17)15-23(30(25,26)18-6-2-1-3-7-18)16-8-9-19-20(13-16)29-12-11-28-19/h1-3,6-9,13,17H,4-5,10-12,14-15H2,(H,22,24)/t17-/m0/s1. The molecule has 4 rings (SSSR count). The van der Waals surface area contributed by atoms with E-state index in [9.17, 15) is 13.2 Å². The lowest BCUT2D eigenvalue weighted by Gasteiger charge is -2.26. The third-order valence-corrected chi connectivity index (χ3v) is 6.77. The molecular formula is C21H24N2O6S. The molecule has 30 heavy (non-hydrogen) atoms. The van der Waals surface area contributed by atoms with Gasteiger partial charge in [-0.1, -0.05) is 18.2 Å². The monoisotopic (exact) mass is 432 g/mol. The first-order chi connectivity index (χ1) is 14.5. The van der Waals surface area contributed by atoms with Gasteiger partial charge in [0, 0.05) is 19.2 Å². The summed E-state index contributed by atoms with van der Waals surface area (Å²) < 4.78 is 44.4. The van der Waals surface area contributed by atoms with Gasteiger partial charge >= 0.3 is 0 Å². The molecule has 1 saturated heterocycles. The number of benzene rings is 2. The van der Waals surface area contributed by atoms with Crippen molar-refractivity contribution >= 4 is 21.6 Å². The van der Waals surface area contributed by atoms with Gasteiger partial charge in [-0.2, -0.15) is 0 Å². The van der Waals surface area contributed by atoms with Crippen molar-refractivity contribution in [3.8, 4) is 11.5 Å². The second-order valence-corrected chi connectivity index (χ2v) is 8.95. The van der Waals surface area contributed by atoms with E-state index in [1.54, 1.807) is 36.4 Å². The Morgan fingerprint density at radius 3 is 2.53 bits per heavy atom. The lowest BCUT2D eigenvalue weighted by molar-refractivity contribution is -0.120. The first kappa shape index (κ1) is 20.5. The summed E-state index contributed by atoms with van der Waals surface area (Å²) in [7, 11) is -3.97. The number of fused-ring (bicyclic) bond motifs is 1. The molecule has 2 aliphatic heterocycles. The minimum Gasteiger partial charge on any atom is -0.486 e. The Morgan fingerprint density at radius 1 is 1.03 bits per heavy atom. The smallest absolute Gasteiger partial charge is 0.264 e. The van der Waals surface area contributed by atoms with E-state index >= 15 is 0 Å². The van der Waals surface area contributed by atoms with Gasteiger partial charge in [0.15, 0.2) is 11.5 Å². The largest absolute Gasteiger partial charge is 0.486 e. The fraction of sp³-hybridized carbons (Fsp3) is 0.381. The lowest BCUT2D eigenvalue weighted by atomic mass is 10.2. The Morgan fingerprint density at radius 2 is 1.80 bits per heavy atom. The van der Waals surface area contributed by atoms with Crippen molar-refractivity contribution in [2.24, 2.45) is 0 Å². The van der Waals surface area contributed by atoms with Crippen molar-refractivity contribution in [2.45, 2.75) is 23.8 Å². The predicted molar refractivity (Wildman–Crippen MR) is 110 cm³/mol. The van der Waals surface area contributed by atoms with Gasteiger partial charge in [0.25, 0.3) is 10.0 Å². The molecule has 2 aromatic carbocycles. The summed E-state index contributed by atoms with van der Waals surface area (Å²) in [6.45, 7) is 1.50. The maximum Gasteiger partial charge on any atom is 0.264 e. The highest BCUT2D eigenvalue weighted by molar-refractivity contribution is 7.92. The molecule has 0 aliphatic carbocycles. The van der Waals surface area contributed by atoms with E-state index in [-0.39, 0.29) is 17.5 Å². The Bertz CT molecular complexity index is 990. The highest BCUT2D eigenvalue weighted by Gasteiger charge is 2.29. The van der Waals surface area contributed by atoms with Crippen molar-refractivity contribution in [3.63, 3.8) is 0 Å². The van der Waals surface area contributed by atoms with E-state index in [4.69, 9.17) is 14.2 Å². The molecule has 2 heterocycles. The number of amides is 1. The second kappa shape index (κ2) is 8.93. The Balaban J connectivity index is 1.60. The second-order valence-electron chi connectivity index (χ2n) is 7.09. The number of sulfonamides is 1. The van der Waals surface area contributed by atoms with Crippen LogP contribution in [0.5, 0.6) is 11.5 Å². The number of carbonyl (C=O) groups excluding carboxylic acids is 1. The van der Waals surface area contributed by atoms with E-state index in [2.05, 4.69) is 5.32 Å². The number of anilines is 1. The quantitative estimate of drug-likeness (QED) is 0.719. The van der Waals surface area contributed by atoms with Crippen LogP contribution in [-0.4, -0.2) is 53.3 Å². The average molecular weight is 432 g/mol. The number of rotatable bonds is 7. The summed E-state index contributed by atoms with van der Waals surface area (Å²) in [5, 5.41) is 2.78. The highest BCUT2D eigenvalue weighted by Crippen LogP contribution is 2.35. The van der Waals surface area contributed by atoms with E-state index in [1.807, 2.05) is 0 Å². The molecule has 8 nitrogen and oxygen atoms in total. The molecule has 2 aliphatic rings. The van der Waals surface area contributed by atoms with Crippen LogP contribution in [0.4, 0.5) is 5.69 Å². The molecule has 0 bridgehead atoms. The van der Waals surface area contributed by atoms with Gasteiger partial charge in [0.05, 0.1) is 16.7 Å². The van der Waals surface area contributed by atoms with Crippen molar-refractivity contribution < 1.29 is 27.4 Å². The third-order valence-electron chi connectivity index (χ3n) is 4.98. The first-order valence-electron chi connectivity index (χ1n) is 9.90. The van der Waals surface area contributed by atoms with Crippen LogP contribution in [0.2, 0.25) is 0 Å². The van der Waals surface area contributed by atoms with Crippen molar-refractivity contribution in [1.29, 1.82) is 0 Å². The third kappa shape index (κ3) is 4.52. The zero-order valence-corrected chi connectivity index (χ0v) is 17.3. The number of ether oxygens (including phenoxy) is 3. The van der Waals surface area contributed by atoms with Gasteiger partial charge in [0.1, 0.15) is 19.8 Å². The molecular weight excluding hydrogens is 408 g/mol. The molecule has 1 atom stereocenters. The first-order valence-corrected chi connectivity index (χ1v) is 11.3. The summed E-state index contributed by atoms with van der Waals surface area (Å²) in [6.07, 6.45) is 1.82. The number of hydrogen-bond donors (Lipinski definition) is 1. The number of hydrogen-bond acceptors (Lipinski definition) is 6. The maximum absolute atomic E-state index is 13.3. The molecule has 2 aromatic rings. The summed E-state index contributed by atoms with van der Waals surface area (Å²) >= 11 is 0. The molecule has 9 heteroatoms. The summed E-state index contributed by atoms with van der Waals surface area (Å²) in [5.41, 5.74) is 0.329. The maximum atomic E-state index is 13.3. The zero-order chi connectivity index (χ0) is 21.0. The van der Waals surface area contributed by atoms with Gasteiger partial charge in [0.2, 0.25) is 5.91 Å². The van der Waals surface area contributed by atoms with E-state index in [1.165, 1.54) is 12.1 Å². The molecule has 1 amide bonds. The molecule has 0 unspecified atom stereocenters. The molecule has 0 aromatic heterocycles. The molecule has 160 valence electrons. The van der Waals surface area contributed by atoms with E-state index in [0.29, 0.717) is 43.6 Å². The number of carbonyl (C=O) groups is 1. The predicted octanol–water partition coefficient (Wildman–Crippen LogP) is 1.95. The summed E-state index contributed by atoms with van der Waals surface area (Å²) in [5.74, 6) is 0.594. The van der Waals surface area contributed by atoms with Crippen LogP contribution in [0.15, 0.2) is 53.4 Å². The minimum atomic E-state index is -3.97. The van der Waals surface area contributed by atoms with Gasteiger partial charge < -0.3 is 19.5 Å². The molecule has 0 saturated carbocycles. The average Bonchev–Trinajstić information content (AvgIpc) is 3.30. The van der Waals surface area contributed by atoms with E-state index < -0.39 is 15.9 Å². The SMILES string of the molecule is O=C(CN(c1ccc2c(c1)OCCO2)S(=O)(=O)c1ccccc1)NC[C@@H]1CCCO1. The van der Waals surface area contributed by atoms with Crippen LogP contribution >= 0.6 is 0 Å². The topological polar surface area (TPSA) is 94.2 Å². The van der Waals surface area contributed by atoms with Crippen molar-refractivity contribution in [1.82, 2.24) is 5.32 Å². The normalized spacial score (nSPS) is 18.1. The molecule has 0 radical (unpaired) electrons. The van der Waals surface area contributed by atoms with E-state index in [0.717, 1.165) is 17.1 Å². The van der Waals surface area contributed by atoms with Crippen molar-refractivity contribution in [2.75, 3.05) is 37.2 Å². The number of nitrogens with zero attached hydrogens (tertiary/aromatic N) is 1. The molecule has 1 N–H and O–H groups in total. The van der Waals surface area contributed by atoms with Crippen LogP contribution in [0, 0.1) is 0 Å². The summed E-state index contributed by atoms with van der Waals surface area (Å²) in [6, 6.07) is 12.9. The Labute approximate surface area is 175 Å². The van der Waals surface area contributed by atoms with Crippen LogP contribution < -0.4 is 19.1 Å². The zero-order valence-electron chi connectivity index (χ0n) is 16.5. The van der Waals surface area contributed by atoms with Gasteiger partial charge in [-0.05, 0) is 37.1 Å². The Kier molecular flexibility index (Phi) is 6.10. The van der Waals surface area contributed by atoms with Crippen LogP contribution in [-0.2, 0) is 19.6 Å². The van der Waals surface area contributed by atoms with Gasteiger partial charge in [-0.15, -0.1) is 0 Å². The molecule has 1 fully saturated rings.